The number of ether oxygens (including phenoxy) is 1. The summed E-state index contributed by atoms with van der Waals surface area (Å²) in [5.74, 6) is 2.03. The van der Waals surface area contributed by atoms with Crippen LogP contribution in [-0.2, 0) is 9.53 Å². The van der Waals surface area contributed by atoms with Gasteiger partial charge in [-0.2, -0.15) is 0 Å². The third-order valence-electron chi connectivity index (χ3n) is 6.75. The first-order valence-electron chi connectivity index (χ1n) is 10.2. The smallest absolute Gasteiger partial charge is 0.230 e. The van der Waals surface area contributed by atoms with Crippen molar-refractivity contribution in [3.63, 3.8) is 0 Å². The molecule has 6 heteroatoms. The Balaban J connectivity index is 1.33. The molecule has 4 heterocycles. The van der Waals surface area contributed by atoms with Gasteiger partial charge < -0.3 is 14.5 Å². The SMILES string of the molecule is O=C1N(C2CCOCC2)CCC[C@]12CCN(c1cc(C3CC3)ncn1)C2. The first kappa shape index (κ1) is 16.5. The lowest BCUT2D eigenvalue weighted by Gasteiger charge is -2.44. The zero-order chi connectivity index (χ0) is 17.6. The molecule has 0 aromatic carbocycles. The van der Waals surface area contributed by atoms with Gasteiger partial charge in [-0.15, -0.1) is 0 Å². The fourth-order valence-electron chi connectivity index (χ4n) is 5.03. The molecule has 0 radical (unpaired) electrons. The topological polar surface area (TPSA) is 58.6 Å². The van der Waals surface area contributed by atoms with Gasteiger partial charge in [0, 0.05) is 56.6 Å². The van der Waals surface area contributed by atoms with Gasteiger partial charge >= 0.3 is 0 Å². The molecule has 5 rings (SSSR count). The van der Waals surface area contributed by atoms with Crippen molar-refractivity contribution in [1.82, 2.24) is 14.9 Å². The second kappa shape index (κ2) is 6.48. The van der Waals surface area contributed by atoms with E-state index in [4.69, 9.17) is 4.74 Å². The van der Waals surface area contributed by atoms with E-state index in [-0.39, 0.29) is 5.41 Å². The van der Waals surface area contributed by atoms with Crippen LogP contribution in [0.3, 0.4) is 0 Å². The molecule has 6 nitrogen and oxygen atoms in total. The highest BCUT2D eigenvalue weighted by atomic mass is 16.5. The van der Waals surface area contributed by atoms with E-state index in [1.807, 2.05) is 0 Å². The average Bonchev–Trinajstić information content (AvgIpc) is 3.46. The van der Waals surface area contributed by atoms with E-state index in [0.29, 0.717) is 17.9 Å². The molecule has 1 aromatic heterocycles. The molecule has 1 saturated carbocycles. The molecule has 1 atom stereocenters. The Morgan fingerprint density at radius 2 is 1.92 bits per heavy atom. The lowest BCUT2D eigenvalue weighted by Crippen LogP contribution is -2.54. The van der Waals surface area contributed by atoms with Crippen LogP contribution in [0.25, 0.3) is 0 Å². The number of aromatic nitrogens is 2. The van der Waals surface area contributed by atoms with Gasteiger partial charge in [-0.05, 0) is 44.9 Å². The summed E-state index contributed by atoms with van der Waals surface area (Å²) >= 11 is 0. The van der Waals surface area contributed by atoms with Crippen LogP contribution in [0.15, 0.2) is 12.4 Å². The molecule has 26 heavy (non-hydrogen) atoms. The second-order valence-corrected chi connectivity index (χ2v) is 8.47. The molecule has 1 amide bonds. The van der Waals surface area contributed by atoms with Gasteiger partial charge in [-0.25, -0.2) is 9.97 Å². The largest absolute Gasteiger partial charge is 0.381 e. The molecule has 140 valence electrons. The number of rotatable bonds is 3. The number of carbonyl (C=O) groups excluding carboxylic acids is 1. The molecule has 1 aliphatic carbocycles. The second-order valence-electron chi connectivity index (χ2n) is 8.47. The van der Waals surface area contributed by atoms with Crippen LogP contribution in [0.4, 0.5) is 5.82 Å². The van der Waals surface area contributed by atoms with E-state index in [1.54, 1.807) is 6.33 Å². The summed E-state index contributed by atoms with van der Waals surface area (Å²) in [6.45, 7) is 4.24. The summed E-state index contributed by atoms with van der Waals surface area (Å²) in [4.78, 5) is 26.9. The van der Waals surface area contributed by atoms with Gasteiger partial charge in [0.15, 0.2) is 0 Å². The van der Waals surface area contributed by atoms with E-state index in [0.717, 1.165) is 70.8 Å². The number of anilines is 1. The fourth-order valence-corrected chi connectivity index (χ4v) is 5.03. The summed E-state index contributed by atoms with van der Waals surface area (Å²) < 4.78 is 5.49. The fraction of sp³-hybridized carbons (Fsp3) is 0.750. The summed E-state index contributed by atoms with van der Waals surface area (Å²) in [6.07, 6.45) is 9.26. The predicted octanol–water partition coefficient (Wildman–Crippen LogP) is 2.35. The van der Waals surface area contributed by atoms with Gasteiger partial charge in [0.25, 0.3) is 0 Å². The number of hydrogen-bond acceptors (Lipinski definition) is 5. The van der Waals surface area contributed by atoms with Crippen molar-refractivity contribution in [2.24, 2.45) is 5.41 Å². The predicted molar refractivity (Wildman–Crippen MR) is 98.1 cm³/mol. The number of hydrogen-bond donors (Lipinski definition) is 0. The average molecular weight is 356 g/mol. The Bertz CT molecular complexity index is 686. The lowest BCUT2D eigenvalue weighted by atomic mass is 9.77. The Hall–Kier alpha value is -1.69. The minimum absolute atomic E-state index is 0.207. The van der Waals surface area contributed by atoms with Crippen LogP contribution in [0.1, 0.15) is 56.6 Å². The number of nitrogens with zero attached hydrogens (tertiary/aromatic N) is 4. The Morgan fingerprint density at radius 3 is 2.73 bits per heavy atom. The third kappa shape index (κ3) is 2.88. The van der Waals surface area contributed by atoms with Crippen LogP contribution in [0.5, 0.6) is 0 Å². The molecule has 3 aliphatic heterocycles. The first-order valence-corrected chi connectivity index (χ1v) is 10.2. The van der Waals surface area contributed by atoms with Gasteiger partial charge in [0.05, 0.1) is 5.41 Å². The number of likely N-dealkylation sites (tertiary alicyclic amines) is 1. The van der Waals surface area contributed by atoms with Gasteiger partial charge in [-0.1, -0.05) is 0 Å². The van der Waals surface area contributed by atoms with Crippen molar-refractivity contribution >= 4 is 11.7 Å². The van der Waals surface area contributed by atoms with Crippen molar-refractivity contribution in [3.8, 4) is 0 Å². The van der Waals surface area contributed by atoms with E-state index in [9.17, 15) is 4.79 Å². The Morgan fingerprint density at radius 1 is 1.08 bits per heavy atom. The molecular formula is C20H28N4O2. The van der Waals surface area contributed by atoms with Crippen molar-refractivity contribution < 1.29 is 9.53 Å². The Labute approximate surface area is 154 Å². The highest BCUT2D eigenvalue weighted by Crippen LogP contribution is 2.44. The standard InChI is InChI=1S/C20H28N4O2/c25-19-20(6-1-8-24(19)16-4-10-26-11-5-16)7-9-23(13-20)18-12-17(15-2-3-15)21-14-22-18/h12,14-16H,1-11,13H2/t20-/m1/s1. The van der Waals surface area contributed by atoms with Crippen molar-refractivity contribution in [1.29, 1.82) is 0 Å². The minimum atomic E-state index is -0.207. The number of piperidine rings is 1. The van der Waals surface area contributed by atoms with Gasteiger partial charge in [0.2, 0.25) is 5.91 Å². The van der Waals surface area contributed by atoms with E-state index in [2.05, 4.69) is 25.8 Å². The molecule has 0 unspecified atom stereocenters. The van der Waals surface area contributed by atoms with Crippen LogP contribution in [0.2, 0.25) is 0 Å². The highest BCUT2D eigenvalue weighted by molar-refractivity contribution is 5.85. The zero-order valence-electron chi connectivity index (χ0n) is 15.4. The zero-order valence-corrected chi connectivity index (χ0v) is 15.4. The Kier molecular flexibility index (Phi) is 4.11. The van der Waals surface area contributed by atoms with Crippen LogP contribution >= 0.6 is 0 Å². The van der Waals surface area contributed by atoms with Crippen LogP contribution in [-0.4, -0.2) is 59.7 Å². The van der Waals surface area contributed by atoms with Crippen molar-refractivity contribution in [2.75, 3.05) is 37.7 Å². The summed E-state index contributed by atoms with van der Waals surface area (Å²) in [7, 11) is 0. The van der Waals surface area contributed by atoms with E-state index in [1.165, 1.54) is 18.5 Å². The first-order chi connectivity index (χ1) is 12.8. The van der Waals surface area contributed by atoms with E-state index >= 15 is 0 Å². The highest BCUT2D eigenvalue weighted by Gasteiger charge is 2.50. The molecule has 4 fully saturated rings. The van der Waals surface area contributed by atoms with Crippen LogP contribution in [0, 0.1) is 5.41 Å². The van der Waals surface area contributed by atoms with Crippen molar-refractivity contribution in [3.05, 3.63) is 18.1 Å². The molecule has 4 aliphatic rings. The summed E-state index contributed by atoms with van der Waals surface area (Å²) in [5, 5.41) is 0. The normalized spacial score (nSPS) is 30.4. The maximum Gasteiger partial charge on any atom is 0.230 e. The molecule has 1 spiro atoms. The monoisotopic (exact) mass is 356 g/mol. The molecule has 0 bridgehead atoms. The number of amides is 1. The minimum Gasteiger partial charge on any atom is -0.381 e. The van der Waals surface area contributed by atoms with Crippen molar-refractivity contribution in [2.45, 2.75) is 56.9 Å². The molecule has 1 aromatic rings. The number of carbonyl (C=O) groups is 1. The third-order valence-corrected chi connectivity index (χ3v) is 6.75. The van der Waals surface area contributed by atoms with Crippen LogP contribution < -0.4 is 4.90 Å². The summed E-state index contributed by atoms with van der Waals surface area (Å²) in [6, 6.07) is 2.53. The molecule has 0 N–H and O–H groups in total. The maximum absolute atomic E-state index is 13.4. The van der Waals surface area contributed by atoms with Gasteiger partial charge in [-0.3, -0.25) is 4.79 Å². The van der Waals surface area contributed by atoms with Gasteiger partial charge in [0.1, 0.15) is 12.1 Å². The van der Waals surface area contributed by atoms with E-state index < -0.39 is 0 Å². The molecule has 3 saturated heterocycles. The maximum atomic E-state index is 13.4. The summed E-state index contributed by atoms with van der Waals surface area (Å²) in [5.41, 5.74) is 0.969. The lowest BCUT2D eigenvalue weighted by molar-refractivity contribution is -0.149. The molecular weight excluding hydrogens is 328 g/mol. The quantitative estimate of drug-likeness (QED) is 0.832.